The molecule has 37 heavy (non-hydrogen) atoms. The quantitative estimate of drug-likeness (QED) is 0.310. The van der Waals surface area contributed by atoms with Gasteiger partial charge in [0.1, 0.15) is 0 Å². The molecule has 0 amide bonds. The van der Waals surface area contributed by atoms with E-state index in [0.717, 1.165) is 40.9 Å². The molecule has 0 saturated heterocycles. The van der Waals surface area contributed by atoms with Crippen LogP contribution in [-0.4, -0.2) is 24.8 Å². The lowest BCUT2D eigenvalue weighted by atomic mass is 9.73. The van der Waals surface area contributed by atoms with Crippen molar-refractivity contribution in [3.8, 4) is 5.75 Å². The number of nitrogens with zero attached hydrogens (tertiary/aromatic N) is 1. The number of nitrogens with one attached hydrogen (secondary N) is 1. The van der Waals surface area contributed by atoms with Gasteiger partial charge in [-0.05, 0) is 67.9 Å². The second-order valence-corrected chi connectivity index (χ2v) is 11.3. The normalized spacial score (nSPS) is 17.7. The van der Waals surface area contributed by atoms with E-state index < -0.39 is 23.9 Å². The Kier molecular flexibility index (Phi) is 8.64. The summed E-state index contributed by atoms with van der Waals surface area (Å²) in [5.74, 6) is 0.551. The topological polar surface area (TPSA) is 68.4 Å². The van der Waals surface area contributed by atoms with Gasteiger partial charge in [-0.3, -0.25) is 0 Å². The number of hydrogen-bond acceptors (Lipinski definition) is 4. The number of benzene rings is 1. The minimum atomic E-state index is -4.48. The summed E-state index contributed by atoms with van der Waals surface area (Å²) in [5.41, 5.74) is 3.05. The first-order chi connectivity index (χ1) is 17.1. The van der Waals surface area contributed by atoms with Crippen molar-refractivity contribution in [3.05, 3.63) is 69.2 Å². The van der Waals surface area contributed by atoms with Crippen LogP contribution < -0.4 is 14.8 Å². The number of aryl methyl sites for hydroxylation is 1. The van der Waals surface area contributed by atoms with Crippen molar-refractivity contribution in [3.63, 3.8) is 0 Å². The van der Waals surface area contributed by atoms with Gasteiger partial charge in [0.15, 0.2) is 11.4 Å². The molecule has 1 heterocycles. The van der Waals surface area contributed by atoms with Crippen molar-refractivity contribution in [1.82, 2.24) is 5.32 Å². The predicted octanol–water partition coefficient (Wildman–Crippen LogP) is 6.45. The van der Waals surface area contributed by atoms with E-state index in [0.29, 0.717) is 35.7 Å². The number of halogens is 3. The van der Waals surface area contributed by atoms with Crippen molar-refractivity contribution >= 4 is 5.57 Å². The monoisotopic (exact) mass is 520 g/mol. The molecule has 0 unspecified atom stereocenters. The van der Waals surface area contributed by atoms with E-state index in [-0.39, 0.29) is 16.9 Å². The van der Waals surface area contributed by atoms with Crippen LogP contribution in [0.15, 0.2) is 35.9 Å². The smallest absolute Gasteiger partial charge is 0.416 e. The van der Waals surface area contributed by atoms with E-state index in [4.69, 9.17) is 4.74 Å². The van der Waals surface area contributed by atoms with Crippen molar-refractivity contribution in [2.24, 2.45) is 5.41 Å². The van der Waals surface area contributed by atoms with E-state index in [9.17, 15) is 23.5 Å². The van der Waals surface area contributed by atoms with Crippen molar-refractivity contribution in [1.29, 1.82) is 0 Å². The third-order valence-corrected chi connectivity index (χ3v) is 7.22. The van der Waals surface area contributed by atoms with Crippen LogP contribution in [0.2, 0.25) is 0 Å². The molecule has 3 rings (SSSR count). The van der Waals surface area contributed by atoms with Crippen LogP contribution in [0.25, 0.3) is 5.57 Å². The zero-order valence-electron chi connectivity index (χ0n) is 22.8. The molecule has 1 aromatic heterocycles. The fourth-order valence-electron chi connectivity index (χ4n) is 5.10. The van der Waals surface area contributed by atoms with Crippen LogP contribution in [-0.2, 0) is 6.18 Å². The molecule has 0 radical (unpaired) electrons. The molecule has 0 spiro atoms. The Hall–Kier alpha value is -2.58. The third kappa shape index (κ3) is 6.65. The van der Waals surface area contributed by atoms with Gasteiger partial charge in [0.2, 0.25) is 0 Å². The summed E-state index contributed by atoms with van der Waals surface area (Å²) in [6, 6.07) is 6.76. The van der Waals surface area contributed by atoms with E-state index in [1.807, 2.05) is 19.9 Å². The molecule has 1 aliphatic rings. The van der Waals surface area contributed by atoms with Crippen LogP contribution >= 0.6 is 0 Å². The Morgan fingerprint density at radius 3 is 2.43 bits per heavy atom. The number of allylic oxidation sites excluding steroid dienone is 1. The lowest BCUT2D eigenvalue weighted by molar-refractivity contribution is -0.618. The van der Waals surface area contributed by atoms with E-state index in [1.165, 1.54) is 0 Å². The van der Waals surface area contributed by atoms with Gasteiger partial charge < -0.3 is 20.4 Å². The summed E-state index contributed by atoms with van der Waals surface area (Å²) in [5, 5.41) is 27.7. The summed E-state index contributed by atoms with van der Waals surface area (Å²) in [4.78, 5) is 0. The minimum Gasteiger partial charge on any atom is -0.618 e. The van der Waals surface area contributed by atoms with E-state index >= 15 is 0 Å². The Morgan fingerprint density at radius 1 is 1.16 bits per heavy atom. The zero-order chi connectivity index (χ0) is 27.7. The summed E-state index contributed by atoms with van der Waals surface area (Å²) >= 11 is 0. The van der Waals surface area contributed by atoms with Crippen molar-refractivity contribution in [2.75, 3.05) is 13.7 Å². The Labute approximate surface area is 217 Å². The van der Waals surface area contributed by atoms with Gasteiger partial charge >= 0.3 is 6.18 Å². The van der Waals surface area contributed by atoms with Gasteiger partial charge in [-0.2, -0.15) is 17.9 Å². The highest BCUT2D eigenvalue weighted by Crippen LogP contribution is 2.43. The standard InChI is InChI=1S/C29H39F3N2O3/c1-17(2)24-8-9-25(37-7)26(34(24)36)23-10-11-28(5,6)15-21(23)16-33-19(4)27(35)20-12-18(3)13-22(14-20)29(30,31)32/h8-9,12-14,17,19,27,33,35H,10-11,15-16H2,1-7H3/t19-,27-/m0/s1. The van der Waals surface area contributed by atoms with Gasteiger partial charge in [-0.15, -0.1) is 0 Å². The SMILES string of the molecule is COc1ccc(C(C)C)[n+]([O-])c1C1=C(CN[C@@H](C)[C@H](O)c2cc(C)cc(C(F)(F)F)c2)CC(C)(C)CC1. The molecule has 2 atom stereocenters. The first-order valence-corrected chi connectivity index (χ1v) is 12.8. The van der Waals surface area contributed by atoms with Crippen LogP contribution in [0.1, 0.15) is 94.0 Å². The third-order valence-electron chi connectivity index (χ3n) is 7.22. The van der Waals surface area contributed by atoms with E-state index in [1.54, 1.807) is 33.1 Å². The molecule has 1 aliphatic carbocycles. The zero-order valence-corrected chi connectivity index (χ0v) is 22.8. The number of ether oxygens (including phenoxy) is 1. The average Bonchev–Trinajstić information content (AvgIpc) is 2.80. The minimum absolute atomic E-state index is 0.0249. The maximum Gasteiger partial charge on any atom is 0.416 e. The number of hydrogen-bond donors (Lipinski definition) is 2. The van der Waals surface area contributed by atoms with E-state index in [2.05, 4.69) is 19.2 Å². The molecule has 8 heteroatoms. The van der Waals surface area contributed by atoms with Gasteiger partial charge in [-0.1, -0.05) is 39.3 Å². The highest BCUT2D eigenvalue weighted by atomic mass is 19.4. The molecule has 0 fully saturated rings. The lowest BCUT2D eigenvalue weighted by Crippen LogP contribution is -2.40. The predicted molar refractivity (Wildman–Crippen MR) is 139 cm³/mol. The number of rotatable bonds is 8. The van der Waals surface area contributed by atoms with Gasteiger partial charge in [-0.25, -0.2) is 0 Å². The number of aromatic nitrogens is 1. The lowest BCUT2D eigenvalue weighted by Gasteiger charge is -2.34. The number of alkyl halides is 3. The van der Waals surface area contributed by atoms with Crippen molar-refractivity contribution < 1.29 is 27.7 Å². The molecule has 2 N–H and O–H groups in total. The molecule has 5 nitrogen and oxygen atoms in total. The summed E-state index contributed by atoms with van der Waals surface area (Å²) in [6.45, 7) is 12.0. The van der Waals surface area contributed by atoms with Crippen LogP contribution in [0.3, 0.4) is 0 Å². The van der Waals surface area contributed by atoms with Gasteiger partial charge in [0.25, 0.3) is 5.69 Å². The van der Waals surface area contributed by atoms with Gasteiger partial charge in [0.05, 0.1) is 18.8 Å². The number of aliphatic hydroxyl groups excluding tert-OH is 1. The molecule has 1 aromatic carbocycles. The molecule has 0 bridgehead atoms. The summed E-state index contributed by atoms with van der Waals surface area (Å²) < 4.78 is 46.5. The van der Waals surface area contributed by atoms with Crippen LogP contribution in [0.4, 0.5) is 13.2 Å². The average molecular weight is 521 g/mol. The first-order valence-electron chi connectivity index (χ1n) is 12.8. The largest absolute Gasteiger partial charge is 0.618 e. The molecule has 0 saturated carbocycles. The number of methoxy groups -OCH3 is 1. The second kappa shape index (κ2) is 11.0. The Balaban J connectivity index is 1.95. The number of pyridine rings is 1. The summed E-state index contributed by atoms with van der Waals surface area (Å²) in [7, 11) is 1.55. The molecule has 2 aromatic rings. The molecule has 0 aliphatic heterocycles. The second-order valence-electron chi connectivity index (χ2n) is 11.3. The fraction of sp³-hybridized carbons (Fsp3) is 0.552. The first kappa shape index (κ1) is 29.0. The van der Waals surface area contributed by atoms with Gasteiger partial charge in [0, 0.05) is 30.1 Å². The molecule has 204 valence electrons. The van der Waals surface area contributed by atoms with Crippen LogP contribution in [0, 0.1) is 17.5 Å². The fourth-order valence-corrected chi connectivity index (χ4v) is 5.10. The highest BCUT2D eigenvalue weighted by Gasteiger charge is 2.34. The van der Waals surface area contributed by atoms with Crippen molar-refractivity contribution in [2.45, 2.75) is 85.0 Å². The molecular weight excluding hydrogens is 481 g/mol. The Bertz CT molecular complexity index is 1160. The number of aliphatic hydroxyl groups is 1. The van der Waals surface area contributed by atoms with Crippen LogP contribution in [0.5, 0.6) is 5.75 Å². The maximum atomic E-state index is 13.4. The maximum absolute atomic E-state index is 13.4. The summed E-state index contributed by atoms with van der Waals surface area (Å²) in [6.07, 6.45) is -3.27. The molecular formula is C29H39F3N2O3. The highest BCUT2D eigenvalue weighted by molar-refractivity contribution is 5.70. The Morgan fingerprint density at radius 2 is 1.84 bits per heavy atom.